The number of nitrogens with one attached hydrogen (secondary N) is 2. The van der Waals surface area contributed by atoms with Gasteiger partial charge in [-0.1, -0.05) is 36.4 Å². The fraction of sp³-hybridized carbons (Fsp3) is 0.273. The second kappa shape index (κ2) is 7.86. The van der Waals surface area contributed by atoms with Gasteiger partial charge in [-0.05, 0) is 29.7 Å². The number of rotatable bonds is 5. The molecule has 0 radical (unpaired) electrons. The Morgan fingerprint density at radius 2 is 1.93 bits per heavy atom. The van der Waals surface area contributed by atoms with E-state index in [1.54, 1.807) is 0 Å². The van der Waals surface area contributed by atoms with E-state index in [4.69, 9.17) is 5.73 Å². The molecule has 6 heteroatoms. The molecule has 0 aliphatic carbocycles. The van der Waals surface area contributed by atoms with Crippen molar-refractivity contribution < 1.29 is 9.59 Å². The van der Waals surface area contributed by atoms with Crippen LogP contribution in [0.3, 0.4) is 0 Å². The second-order valence-corrected chi connectivity index (χ2v) is 7.12. The molecule has 6 nitrogen and oxygen atoms in total. The summed E-state index contributed by atoms with van der Waals surface area (Å²) in [5.41, 5.74) is 10.5. The Kier molecular flexibility index (Phi) is 5.12. The molecule has 2 aromatic carbocycles. The van der Waals surface area contributed by atoms with Crippen molar-refractivity contribution in [3.63, 3.8) is 0 Å². The van der Waals surface area contributed by atoms with Gasteiger partial charge in [0.25, 0.3) is 0 Å². The molecule has 1 aliphatic rings. The van der Waals surface area contributed by atoms with Crippen LogP contribution in [0, 0.1) is 0 Å². The average molecular weight is 376 g/mol. The van der Waals surface area contributed by atoms with E-state index in [1.807, 2.05) is 53.4 Å². The molecule has 4 rings (SSSR count). The lowest BCUT2D eigenvalue weighted by Gasteiger charge is -2.27. The van der Waals surface area contributed by atoms with Crippen LogP contribution in [0.5, 0.6) is 0 Å². The first kappa shape index (κ1) is 18.3. The van der Waals surface area contributed by atoms with Crippen molar-refractivity contribution in [2.75, 3.05) is 18.4 Å². The molecule has 0 spiro atoms. The maximum Gasteiger partial charge on any atom is 0.227 e. The molecule has 2 amide bonds. The fourth-order valence-corrected chi connectivity index (χ4v) is 3.84. The summed E-state index contributed by atoms with van der Waals surface area (Å²) in [4.78, 5) is 30.1. The molecule has 0 unspecified atom stereocenters. The number of hydrogen-bond donors (Lipinski definition) is 3. The number of aromatic nitrogens is 1. The molecule has 1 aliphatic heterocycles. The number of aromatic amines is 1. The summed E-state index contributed by atoms with van der Waals surface area (Å²) < 4.78 is 0. The van der Waals surface area contributed by atoms with Crippen LogP contribution in [0.4, 0.5) is 5.69 Å². The van der Waals surface area contributed by atoms with E-state index >= 15 is 0 Å². The van der Waals surface area contributed by atoms with Crippen molar-refractivity contribution in [2.45, 2.75) is 25.8 Å². The van der Waals surface area contributed by atoms with E-state index < -0.39 is 0 Å². The molecular weight excluding hydrogens is 352 g/mol. The van der Waals surface area contributed by atoms with Gasteiger partial charge in [0.1, 0.15) is 0 Å². The summed E-state index contributed by atoms with van der Waals surface area (Å²) in [6.45, 7) is 1.56. The molecule has 1 aromatic heterocycles. The molecule has 0 fully saturated rings. The number of anilines is 1. The number of H-pyrrole nitrogens is 1. The summed E-state index contributed by atoms with van der Waals surface area (Å²) in [6, 6.07) is 15.7. The van der Waals surface area contributed by atoms with E-state index in [2.05, 4.69) is 10.3 Å². The smallest absolute Gasteiger partial charge is 0.227 e. The largest absolute Gasteiger partial charge is 0.357 e. The Labute approximate surface area is 163 Å². The van der Waals surface area contributed by atoms with Gasteiger partial charge in [0.2, 0.25) is 11.8 Å². The minimum atomic E-state index is -0.0829. The van der Waals surface area contributed by atoms with Gasteiger partial charge in [0.05, 0.1) is 18.7 Å². The van der Waals surface area contributed by atoms with E-state index in [1.165, 1.54) is 5.56 Å². The van der Waals surface area contributed by atoms with Crippen molar-refractivity contribution in [3.8, 4) is 0 Å². The number of carbonyl (C=O) groups is 2. The third kappa shape index (κ3) is 3.64. The van der Waals surface area contributed by atoms with Crippen molar-refractivity contribution >= 4 is 28.4 Å². The third-order valence-corrected chi connectivity index (χ3v) is 5.19. The number of amides is 2. The van der Waals surface area contributed by atoms with Crippen molar-refractivity contribution in [2.24, 2.45) is 5.73 Å². The Morgan fingerprint density at radius 1 is 1.11 bits per heavy atom. The average Bonchev–Trinajstić information content (AvgIpc) is 3.07. The molecule has 3 aromatic rings. The van der Waals surface area contributed by atoms with Crippen LogP contribution in [-0.4, -0.2) is 34.8 Å². The summed E-state index contributed by atoms with van der Waals surface area (Å²) in [5, 5.41) is 4.01. The van der Waals surface area contributed by atoms with E-state index in [9.17, 15) is 9.59 Å². The standard InChI is InChI=1S/C22H24N4O2/c23-11-9-20(27)25-18-8-4-7-17-22(18)16-10-12-26(14-19(16)24-17)21(28)13-15-5-2-1-3-6-15/h1-8,24H,9-14,23H2,(H,25,27). The molecule has 4 N–H and O–H groups in total. The monoisotopic (exact) mass is 376 g/mol. The van der Waals surface area contributed by atoms with E-state index in [-0.39, 0.29) is 11.8 Å². The van der Waals surface area contributed by atoms with Gasteiger partial charge in [-0.2, -0.15) is 0 Å². The lowest BCUT2D eigenvalue weighted by Crippen LogP contribution is -2.36. The van der Waals surface area contributed by atoms with Gasteiger partial charge in [-0.3, -0.25) is 9.59 Å². The first-order valence-corrected chi connectivity index (χ1v) is 9.60. The van der Waals surface area contributed by atoms with Gasteiger partial charge in [-0.25, -0.2) is 0 Å². The highest BCUT2D eigenvalue weighted by atomic mass is 16.2. The molecule has 0 saturated carbocycles. The van der Waals surface area contributed by atoms with Crippen molar-refractivity contribution in [1.82, 2.24) is 9.88 Å². The van der Waals surface area contributed by atoms with E-state index in [0.717, 1.165) is 34.3 Å². The SMILES string of the molecule is NCCC(=O)Nc1cccc2[nH]c3c(c12)CCN(C(=O)Cc1ccccc1)C3. The number of nitrogens with two attached hydrogens (primary N) is 1. The van der Waals surface area contributed by atoms with Crippen LogP contribution in [0.25, 0.3) is 10.9 Å². The first-order valence-electron chi connectivity index (χ1n) is 9.60. The summed E-state index contributed by atoms with van der Waals surface area (Å²) in [5.74, 6) is 0.0485. The van der Waals surface area contributed by atoms with E-state index in [0.29, 0.717) is 32.5 Å². The predicted molar refractivity (Wildman–Crippen MR) is 110 cm³/mol. The zero-order chi connectivity index (χ0) is 19.5. The van der Waals surface area contributed by atoms with Crippen LogP contribution in [-0.2, 0) is 29.0 Å². The Hall–Kier alpha value is -3.12. The maximum absolute atomic E-state index is 12.7. The zero-order valence-electron chi connectivity index (χ0n) is 15.7. The topological polar surface area (TPSA) is 91.2 Å². The minimum absolute atomic E-state index is 0.0829. The Balaban J connectivity index is 1.56. The Bertz CT molecular complexity index is 1010. The van der Waals surface area contributed by atoms with Gasteiger partial charge in [-0.15, -0.1) is 0 Å². The maximum atomic E-state index is 12.7. The quantitative estimate of drug-likeness (QED) is 0.639. The fourth-order valence-electron chi connectivity index (χ4n) is 3.84. The summed E-state index contributed by atoms with van der Waals surface area (Å²) >= 11 is 0. The third-order valence-electron chi connectivity index (χ3n) is 5.19. The highest BCUT2D eigenvalue weighted by Crippen LogP contribution is 2.33. The number of nitrogens with zero attached hydrogens (tertiary/aromatic N) is 1. The predicted octanol–water partition coefficient (Wildman–Crippen LogP) is 2.58. The van der Waals surface area contributed by atoms with Crippen molar-refractivity contribution in [3.05, 3.63) is 65.4 Å². The molecule has 144 valence electrons. The number of fused-ring (bicyclic) bond motifs is 3. The Morgan fingerprint density at radius 3 is 2.71 bits per heavy atom. The lowest BCUT2D eigenvalue weighted by molar-refractivity contribution is -0.131. The number of carbonyl (C=O) groups excluding carboxylic acids is 2. The molecule has 2 heterocycles. The van der Waals surface area contributed by atoms with Crippen LogP contribution in [0.15, 0.2) is 48.5 Å². The van der Waals surface area contributed by atoms with Crippen LogP contribution in [0.1, 0.15) is 23.2 Å². The van der Waals surface area contributed by atoms with Crippen LogP contribution < -0.4 is 11.1 Å². The molecule has 0 bridgehead atoms. The molecule has 0 atom stereocenters. The van der Waals surface area contributed by atoms with Crippen LogP contribution >= 0.6 is 0 Å². The highest BCUT2D eigenvalue weighted by molar-refractivity contribution is 6.03. The van der Waals surface area contributed by atoms with Gasteiger partial charge in [0, 0.05) is 36.1 Å². The number of benzene rings is 2. The minimum Gasteiger partial charge on any atom is -0.357 e. The number of hydrogen-bond acceptors (Lipinski definition) is 3. The first-order chi connectivity index (χ1) is 13.7. The lowest BCUT2D eigenvalue weighted by atomic mass is 10.0. The van der Waals surface area contributed by atoms with Crippen molar-refractivity contribution in [1.29, 1.82) is 0 Å². The zero-order valence-corrected chi connectivity index (χ0v) is 15.7. The molecule has 0 saturated heterocycles. The molecular formula is C22H24N4O2. The van der Waals surface area contributed by atoms with Gasteiger partial charge >= 0.3 is 0 Å². The van der Waals surface area contributed by atoms with Gasteiger partial charge < -0.3 is 20.9 Å². The summed E-state index contributed by atoms with van der Waals surface area (Å²) in [6.07, 6.45) is 1.47. The summed E-state index contributed by atoms with van der Waals surface area (Å²) in [7, 11) is 0. The normalized spacial score (nSPS) is 13.4. The van der Waals surface area contributed by atoms with Gasteiger partial charge in [0.15, 0.2) is 0 Å². The van der Waals surface area contributed by atoms with Crippen LogP contribution in [0.2, 0.25) is 0 Å². The highest BCUT2D eigenvalue weighted by Gasteiger charge is 2.25. The second-order valence-electron chi connectivity index (χ2n) is 7.12. The molecule has 28 heavy (non-hydrogen) atoms.